The van der Waals surface area contributed by atoms with Crippen LogP contribution in [0.15, 0.2) is 12.1 Å². The summed E-state index contributed by atoms with van der Waals surface area (Å²) in [5, 5.41) is 20.7. The predicted octanol–water partition coefficient (Wildman–Crippen LogP) is 2.17. The van der Waals surface area contributed by atoms with Crippen LogP contribution >= 0.6 is 11.6 Å². The molecule has 0 aliphatic heterocycles. The second-order valence-corrected chi connectivity index (χ2v) is 2.87. The quantitative estimate of drug-likeness (QED) is 0.588. The minimum absolute atomic E-state index is 0.0995. The Morgan fingerprint density at radius 1 is 1.27 bits per heavy atom. The number of non-ortho nitro benzene ring substituents is 1. The maximum absolute atomic E-state index is 10.5. The molecule has 0 heterocycles. The SMILES string of the molecule is COc1cc([N+](=O)[O-])cc([N+](=O)[O-])c1Cl. The monoisotopic (exact) mass is 232 g/mol. The second-order valence-electron chi connectivity index (χ2n) is 2.50. The van der Waals surface area contributed by atoms with E-state index >= 15 is 0 Å². The highest BCUT2D eigenvalue weighted by molar-refractivity contribution is 6.34. The molecule has 15 heavy (non-hydrogen) atoms. The highest BCUT2D eigenvalue weighted by Gasteiger charge is 2.23. The number of hydrogen-bond donors (Lipinski definition) is 0. The van der Waals surface area contributed by atoms with Crippen LogP contribution in [0.3, 0.4) is 0 Å². The van der Waals surface area contributed by atoms with Crippen LogP contribution in [0.1, 0.15) is 0 Å². The Bertz CT molecular complexity index is 434. The van der Waals surface area contributed by atoms with Crippen molar-refractivity contribution in [2.24, 2.45) is 0 Å². The van der Waals surface area contributed by atoms with Crippen LogP contribution in [0.25, 0.3) is 0 Å². The lowest BCUT2D eigenvalue weighted by Crippen LogP contribution is -1.96. The molecule has 0 aromatic heterocycles. The Kier molecular flexibility index (Phi) is 3.05. The average Bonchev–Trinajstić information content (AvgIpc) is 2.17. The molecule has 0 N–H and O–H groups in total. The summed E-state index contributed by atoms with van der Waals surface area (Å²) in [5.41, 5.74) is -0.995. The topological polar surface area (TPSA) is 95.5 Å². The van der Waals surface area contributed by atoms with Crippen LogP contribution in [-0.2, 0) is 0 Å². The Morgan fingerprint density at radius 3 is 2.27 bits per heavy atom. The second kappa shape index (κ2) is 4.09. The first-order valence-electron chi connectivity index (χ1n) is 3.63. The van der Waals surface area contributed by atoms with Gasteiger partial charge in [0.2, 0.25) is 0 Å². The zero-order valence-electron chi connectivity index (χ0n) is 7.47. The average molecular weight is 233 g/mol. The molecule has 1 aromatic rings. The van der Waals surface area contributed by atoms with E-state index < -0.39 is 21.2 Å². The summed E-state index contributed by atoms with van der Waals surface area (Å²) in [4.78, 5) is 19.4. The third kappa shape index (κ3) is 2.13. The zero-order valence-corrected chi connectivity index (χ0v) is 8.22. The van der Waals surface area contributed by atoms with E-state index in [2.05, 4.69) is 4.74 Å². The first-order chi connectivity index (χ1) is 6.97. The molecule has 1 aromatic carbocycles. The van der Waals surface area contributed by atoms with Gasteiger partial charge in [-0.2, -0.15) is 0 Å². The fraction of sp³-hybridized carbons (Fsp3) is 0.143. The molecule has 0 saturated carbocycles. The minimum atomic E-state index is -0.808. The molecule has 0 unspecified atom stereocenters. The number of nitrogens with zero attached hydrogens (tertiary/aromatic N) is 2. The van der Waals surface area contributed by atoms with Gasteiger partial charge in [-0.1, -0.05) is 11.6 Å². The number of nitro benzene ring substituents is 2. The van der Waals surface area contributed by atoms with Crippen molar-refractivity contribution in [2.45, 2.75) is 0 Å². The summed E-state index contributed by atoms with van der Waals surface area (Å²) in [7, 11) is 1.22. The third-order valence-electron chi connectivity index (χ3n) is 1.63. The summed E-state index contributed by atoms with van der Waals surface area (Å²) in [6.07, 6.45) is 0. The van der Waals surface area contributed by atoms with Crippen LogP contribution < -0.4 is 4.74 Å². The van der Waals surface area contributed by atoms with Gasteiger partial charge in [0.15, 0.2) is 10.8 Å². The fourth-order valence-electron chi connectivity index (χ4n) is 0.956. The molecule has 0 fully saturated rings. The van der Waals surface area contributed by atoms with Gasteiger partial charge >= 0.3 is 0 Å². The van der Waals surface area contributed by atoms with Crippen molar-refractivity contribution < 1.29 is 14.6 Å². The van der Waals surface area contributed by atoms with E-state index in [0.717, 1.165) is 12.1 Å². The highest BCUT2D eigenvalue weighted by atomic mass is 35.5. The number of halogens is 1. The van der Waals surface area contributed by atoms with Gasteiger partial charge in [0.05, 0.1) is 29.1 Å². The number of methoxy groups -OCH3 is 1. The maximum atomic E-state index is 10.5. The van der Waals surface area contributed by atoms with E-state index in [9.17, 15) is 20.2 Å². The third-order valence-corrected chi connectivity index (χ3v) is 2.01. The molecular formula is C7H5ClN2O5. The van der Waals surface area contributed by atoms with Crippen LogP contribution in [0.2, 0.25) is 5.02 Å². The maximum Gasteiger partial charge on any atom is 0.298 e. The standard InChI is InChI=1S/C7H5ClN2O5/c1-15-6-3-4(9(11)12)2-5(7(6)8)10(13)14/h2-3H,1H3. The van der Waals surface area contributed by atoms with Crippen LogP contribution in [0, 0.1) is 20.2 Å². The van der Waals surface area contributed by atoms with E-state index in [4.69, 9.17) is 11.6 Å². The molecule has 0 aliphatic rings. The first kappa shape index (κ1) is 11.2. The van der Waals surface area contributed by atoms with E-state index in [1.54, 1.807) is 0 Å². The number of hydrogen-bond acceptors (Lipinski definition) is 5. The summed E-state index contributed by atoms with van der Waals surface area (Å²) in [6, 6.07) is 1.81. The lowest BCUT2D eigenvalue weighted by atomic mass is 10.2. The van der Waals surface area contributed by atoms with Gasteiger partial charge < -0.3 is 4.74 Å². The van der Waals surface area contributed by atoms with Crippen molar-refractivity contribution >= 4 is 23.0 Å². The van der Waals surface area contributed by atoms with Crippen LogP contribution in [0.4, 0.5) is 11.4 Å². The van der Waals surface area contributed by atoms with Crippen molar-refractivity contribution in [3.8, 4) is 5.75 Å². The Morgan fingerprint density at radius 2 is 1.87 bits per heavy atom. The molecule has 80 valence electrons. The lowest BCUT2D eigenvalue weighted by Gasteiger charge is -2.02. The molecule has 0 bridgehead atoms. The molecule has 0 atom stereocenters. The number of benzene rings is 1. The largest absolute Gasteiger partial charge is 0.495 e. The summed E-state index contributed by atoms with van der Waals surface area (Å²) in [5.74, 6) is -0.0995. The van der Waals surface area contributed by atoms with Crippen LogP contribution in [0.5, 0.6) is 5.75 Å². The van der Waals surface area contributed by atoms with Crippen molar-refractivity contribution in [1.29, 1.82) is 0 Å². The van der Waals surface area contributed by atoms with Gasteiger partial charge in [0.25, 0.3) is 11.4 Å². The van der Waals surface area contributed by atoms with Gasteiger partial charge in [0, 0.05) is 0 Å². The van der Waals surface area contributed by atoms with Gasteiger partial charge in [-0.3, -0.25) is 20.2 Å². The molecule has 1 rings (SSSR count). The summed E-state index contributed by atoms with van der Waals surface area (Å²) in [6.45, 7) is 0. The van der Waals surface area contributed by atoms with Gasteiger partial charge in [0.1, 0.15) is 0 Å². The van der Waals surface area contributed by atoms with Gasteiger partial charge in [-0.05, 0) is 0 Å². The zero-order chi connectivity index (χ0) is 11.6. The van der Waals surface area contributed by atoms with E-state index in [-0.39, 0.29) is 10.8 Å². The van der Waals surface area contributed by atoms with Crippen molar-refractivity contribution in [3.63, 3.8) is 0 Å². The minimum Gasteiger partial charge on any atom is -0.495 e. The Balaban J connectivity index is 3.45. The molecule has 7 nitrogen and oxygen atoms in total. The first-order valence-corrected chi connectivity index (χ1v) is 4.01. The Hall–Kier alpha value is -1.89. The smallest absolute Gasteiger partial charge is 0.298 e. The van der Waals surface area contributed by atoms with Crippen molar-refractivity contribution in [1.82, 2.24) is 0 Å². The van der Waals surface area contributed by atoms with Gasteiger partial charge in [-0.15, -0.1) is 0 Å². The molecule has 0 amide bonds. The van der Waals surface area contributed by atoms with E-state index in [1.807, 2.05) is 0 Å². The molecule has 0 aliphatic carbocycles. The van der Waals surface area contributed by atoms with Crippen molar-refractivity contribution in [3.05, 3.63) is 37.4 Å². The molecule has 0 spiro atoms. The number of nitro groups is 2. The highest BCUT2D eigenvalue weighted by Crippen LogP contribution is 2.37. The van der Waals surface area contributed by atoms with Crippen molar-refractivity contribution in [2.75, 3.05) is 7.11 Å². The molecule has 0 radical (unpaired) electrons. The summed E-state index contributed by atoms with van der Waals surface area (Å²) >= 11 is 5.59. The molecule has 8 heteroatoms. The molecule has 0 saturated heterocycles. The molecular weight excluding hydrogens is 228 g/mol. The Labute approximate surface area is 88.5 Å². The number of ether oxygens (including phenoxy) is 1. The van der Waals surface area contributed by atoms with Crippen LogP contribution in [-0.4, -0.2) is 17.0 Å². The van der Waals surface area contributed by atoms with Gasteiger partial charge in [-0.25, -0.2) is 0 Å². The number of rotatable bonds is 3. The van der Waals surface area contributed by atoms with E-state index in [0.29, 0.717) is 0 Å². The normalized spacial score (nSPS) is 9.73. The lowest BCUT2D eigenvalue weighted by molar-refractivity contribution is -0.394. The van der Waals surface area contributed by atoms with E-state index in [1.165, 1.54) is 7.11 Å². The fourth-order valence-corrected chi connectivity index (χ4v) is 1.21. The summed E-state index contributed by atoms with van der Waals surface area (Å²) < 4.78 is 4.69. The predicted molar refractivity (Wildman–Crippen MR) is 51.3 cm³/mol.